The number of aromatic nitrogens is 1. The molecule has 0 bridgehead atoms. The van der Waals surface area contributed by atoms with E-state index in [9.17, 15) is 0 Å². The van der Waals surface area contributed by atoms with Gasteiger partial charge in [0.2, 0.25) is 5.88 Å². The van der Waals surface area contributed by atoms with Gasteiger partial charge in [0, 0.05) is 23.3 Å². The van der Waals surface area contributed by atoms with Crippen LogP contribution in [-0.4, -0.2) is 26.5 Å². The first-order chi connectivity index (χ1) is 11.2. The highest BCUT2D eigenvalue weighted by atomic mass is 79.9. The van der Waals surface area contributed by atoms with E-state index >= 15 is 0 Å². The summed E-state index contributed by atoms with van der Waals surface area (Å²) < 4.78 is 13.3. The molecule has 0 spiro atoms. The normalized spacial score (nSPS) is 22.4. The Bertz CT molecular complexity index is 522. The maximum Gasteiger partial charge on any atom is 0.214 e. The summed E-state index contributed by atoms with van der Waals surface area (Å²) in [5.74, 6) is 2.09. The van der Waals surface area contributed by atoms with Gasteiger partial charge in [0.15, 0.2) is 8.32 Å². The number of ether oxygens (including phenoxy) is 1. The molecular weight excluding hydrogens is 382 g/mol. The molecule has 1 saturated carbocycles. The fourth-order valence-corrected chi connectivity index (χ4v) is 4.17. The molecule has 0 unspecified atom stereocenters. The van der Waals surface area contributed by atoms with E-state index in [1.54, 1.807) is 6.20 Å². The SMILES string of the molecule is CC(C)(C)[Si](C)(C)OC[C@H]1CC[C@H](COc2cc(Br)ccn2)CC1. The lowest BCUT2D eigenvalue weighted by Crippen LogP contribution is -2.42. The Morgan fingerprint density at radius 1 is 1.12 bits per heavy atom. The van der Waals surface area contributed by atoms with E-state index in [-0.39, 0.29) is 0 Å². The smallest absolute Gasteiger partial charge is 0.214 e. The van der Waals surface area contributed by atoms with Crippen molar-refractivity contribution in [1.29, 1.82) is 0 Å². The zero-order chi connectivity index (χ0) is 17.8. The van der Waals surface area contributed by atoms with Crippen LogP contribution in [0.15, 0.2) is 22.8 Å². The van der Waals surface area contributed by atoms with Crippen molar-refractivity contribution in [2.24, 2.45) is 11.8 Å². The summed E-state index contributed by atoms with van der Waals surface area (Å²) in [6.07, 6.45) is 6.76. The molecule has 1 aliphatic rings. The Hall–Kier alpha value is -0.393. The third-order valence-electron chi connectivity index (χ3n) is 5.62. The number of hydrogen-bond donors (Lipinski definition) is 0. The molecule has 0 aromatic carbocycles. The monoisotopic (exact) mass is 413 g/mol. The Morgan fingerprint density at radius 2 is 1.71 bits per heavy atom. The summed E-state index contributed by atoms with van der Waals surface area (Å²) in [6, 6.07) is 3.85. The lowest BCUT2D eigenvalue weighted by molar-refractivity contribution is 0.140. The van der Waals surface area contributed by atoms with E-state index in [2.05, 4.69) is 54.8 Å². The molecule has 1 heterocycles. The van der Waals surface area contributed by atoms with Crippen molar-refractivity contribution < 1.29 is 9.16 Å². The quantitative estimate of drug-likeness (QED) is 0.531. The number of nitrogens with zero attached hydrogens (tertiary/aromatic N) is 1. The van der Waals surface area contributed by atoms with Gasteiger partial charge in [-0.25, -0.2) is 4.98 Å². The predicted molar refractivity (Wildman–Crippen MR) is 106 cm³/mol. The molecular formula is C19H32BrNO2Si. The van der Waals surface area contributed by atoms with E-state index in [4.69, 9.17) is 9.16 Å². The Labute approximate surface area is 156 Å². The summed E-state index contributed by atoms with van der Waals surface area (Å²) in [6.45, 7) is 13.3. The Kier molecular flexibility index (Phi) is 6.91. The second-order valence-corrected chi connectivity index (χ2v) is 14.3. The standard InChI is InChI=1S/C19H32BrNO2Si/c1-19(2,3)24(4,5)23-14-16-8-6-15(7-9-16)13-22-18-12-17(20)10-11-21-18/h10-12,15-16H,6-9,13-14H2,1-5H3/t15-,16-. The van der Waals surface area contributed by atoms with Gasteiger partial charge in [-0.15, -0.1) is 0 Å². The first-order valence-corrected chi connectivity index (χ1v) is 12.8. The topological polar surface area (TPSA) is 31.4 Å². The van der Waals surface area contributed by atoms with Crippen LogP contribution in [0.1, 0.15) is 46.5 Å². The molecule has 24 heavy (non-hydrogen) atoms. The second-order valence-electron chi connectivity index (χ2n) is 8.58. The van der Waals surface area contributed by atoms with Gasteiger partial charge in [-0.05, 0) is 61.7 Å². The van der Waals surface area contributed by atoms with Crippen LogP contribution in [0.3, 0.4) is 0 Å². The van der Waals surface area contributed by atoms with Crippen LogP contribution in [0.5, 0.6) is 5.88 Å². The number of rotatable bonds is 6. The van der Waals surface area contributed by atoms with Crippen LogP contribution in [0.25, 0.3) is 0 Å². The molecule has 0 amide bonds. The zero-order valence-electron chi connectivity index (χ0n) is 15.8. The van der Waals surface area contributed by atoms with Gasteiger partial charge < -0.3 is 9.16 Å². The molecule has 0 atom stereocenters. The minimum Gasteiger partial charge on any atom is -0.477 e. The van der Waals surface area contributed by atoms with E-state index in [1.165, 1.54) is 25.7 Å². The molecule has 136 valence electrons. The lowest BCUT2D eigenvalue weighted by atomic mass is 9.83. The van der Waals surface area contributed by atoms with E-state index in [0.29, 0.717) is 16.8 Å². The summed E-state index contributed by atoms with van der Waals surface area (Å²) in [4.78, 5) is 4.25. The van der Waals surface area contributed by atoms with Crippen LogP contribution < -0.4 is 4.74 Å². The van der Waals surface area contributed by atoms with Crippen molar-refractivity contribution in [2.45, 2.75) is 64.6 Å². The Morgan fingerprint density at radius 3 is 2.25 bits per heavy atom. The Balaban J connectivity index is 1.70. The van der Waals surface area contributed by atoms with Crippen molar-refractivity contribution in [2.75, 3.05) is 13.2 Å². The minimum atomic E-state index is -1.61. The molecule has 3 nitrogen and oxygen atoms in total. The first-order valence-electron chi connectivity index (χ1n) is 9.06. The van der Waals surface area contributed by atoms with Crippen molar-refractivity contribution >= 4 is 24.2 Å². The maximum atomic E-state index is 6.40. The predicted octanol–water partition coefficient (Wildman–Crippen LogP) is 6.05. The highest BCUT2D eigenvalue weighted by Crippen LogP contribution is 2.38. The molecule has 1 fully saturated rings. The molecule has 1 aliphatic carbocycles. The molecule has 1 aromatic rings. The third-order valence-corrected chi connectivity index (χ3v) is 10.6. The van der Waals surface area contributed by atoms with Crippen molar-refractivity contribution in [1.82, 2.24) is 4.98 Å². The molecule has 0 N–H and O–H groups in total. The summed E-state index contributed by atoms with van der Waals surface area (Å²) in [5, 5.41) is 0.301. The van der Waals surface area contributed by atoms with Crippen LogP contribution in [-0.2, 0) is 4.43 Å². The second kappa shape index (κ2) is 8.32. The fourth-order valence-electron chi connectivity index (χ4n) is 2.77. The summed E-state index contributed by atoms with van der Waals surface area (Å²) >= 11 is 3.45. The van der Waals surface area contributed by atoms with Crippen molar-refractivity contribution in [3.05, 3.63) is 22.8 Å². The van der Waals surface area contributed by atoms with E-state index in [1.807, 2.05) is 12.1 Å². The highest BCUT2D eigenvalue weighted by Gasteiger charge is 2.37. The fraction of sp³-hybridized carbons (Fsp3) is 0.737. The average Bonchev–Trinajstić information content (AvgIpc) is 2.51. The van der Waals surface area contributed by atoms with E-state index < -0.39 is 8.32 Å². The molecule has 1 aromatic heterocycles. The first kappa shape index (κ1) is 19.9. The van der Waals surface area contributed by atoms with Gasteiger partial charge in [0.1, 0.15) is 0 Å². The molecule has 0 aliphatic heterocycles. The van der Waals surface area contributed by atoms with Gasteiger partial charge in [0.25, 0.3) is 0 Å². The van der Waals surface area contributed by atoms with E-state index in [0.717, 1.165) is 23.6 Å². The van der Waals surface area contributed by atoms with Crippen LogP contribution in [0.2, 0.25) is 18.1 Å². The van der Waals surface area contributed by atoms with Crippen LogP contribution in [0, 0.1) is 11.8 Å². The zero-order valence-corrected chi connectivity index (χ0v) is 18.4. The lowest BCUT2D eigenvalue weighted by Gasteiger charge is -2.38. The van der Waals surface area contributed by atoms with Crippen molar-refractivity contribution in [3.8, 4) is 5.88 Å². The van der Waals surface area contributed by atoms with Gasteiger partial charge in [0.05, 0.1) is 6.61 Å². The summed E-state index contributed by atoms with van der Waals surface area (Å²) in [7, 11) is -1.61. The van der Waals surface area contributed by atoms with Crippen molar-refractivity contribution in [3.63, 3.8) is 0 Å². The number of pyridine rings is 1. The van der Waals surface area contributed by atoms with Gasteiger partial charge in [-0.2, -0.15) is 0 Å². The average molecular weight is 414 g/mol. The number of hydrogen-bond acceptors (Lipinski definition) is 3. The molecule has 0 saturated heterocycles. The third kappa shape index (κ3) is 5.85. The minimum absolute atomic E-state index is 0.301. The molecule has 0 radical (unpaired) electrons. The molecule has 2 rings (SSSR count). The molecule has 5 heteroatoms. The van der Waals surface area contributed by atoms with Gasteiger partial charge >= 0.3 is 0 Å². The van der Waals surface area contributed by atoms with Crippen LogP contribution in [0.4, 0.5) is 0 Å². The van der Waals surface area contributed by atoms with Crippen LogP contribution >= 0.6 is 15.9 Å². The van der Waals surface area contributed by atoms with Gasteiger partial charge in [-0.3, -0.25) is 0 Å². The number of halogens is 1. The maximum absolute atomic E-state index is 6.40. The largest absolute Gasteiger partial charge is 0.477 e. The summed E-state index contributed by atoms with van der Waals surface area (Å²) in [5.41, 5.74) is 0. The highest BCUT2D eigenvalue weighted by molar-refractivity contribution is 9.10. The van der Waals surface area contributed by atoms with Gasteiger partial charge in [-0.1, -0.05) is 36.7 Å².